The van der Waals surface area contributed by atoms with E-state index in [0.29, 0.717) is 0 Å². The minimum atomic E-state index is -0.311. The molecule has 1 unspecified atom stereocenters. The number of aliphatic hydroxyl groups excluding tert-OH is 1. The Bertz CT molecular complexity index is 218. The van der Waals surface area contributed by atoms with E-state index < -0.39 is 0 Å². The Morgan fingerprint density at radius 3 is 3.09 bits per heavy atom. The minimum Gasteiger partial charge on any atom is -0.387 e. The number of aliphatic hydroxyl groups is 1. The van der Waals surface area contributed by atoms with Crippen LogP contribution < -0.4 is 0 Å². The molecule has 0 aliphatic heterocycles. The zero-order chi connectivity index (χ0) is 7.68. The molecule has 0 radical (unpaired) electrons. The molecule has 0 spiro atoms. The van der Waals surface area contributed by atoms with Crippen LogP contribution in [0.4, 0.5) is 0 Å². The van der Waals surface area contributed by atoms with Crippen LogP contribution in [0.15, 0.2) is 11.4 Å². The Morgan fingerprint density at radius 1 is 1.73 bits per heavy atom. The van der Waals surface area contributed by atoms with Crippen molar-refractivity contribution in [1.82, 2.24) is 4.37 Å². The standard InChI is InChI=1S/C8H11NOS/c10-8(5-6-1-2-6)7-3-4-11-9-7/h3-4,6,8,10H,1-2,5H2. The third kappa shape index (κ3) is 1.79. The Labute approximate surface area is 70.0 Å². The van der Waals surface area contributed by atoms with Crippen molar-refractivity contribution in [3.8, 4) is 0 Å². The fraction of sp³-hybridized carbons (Fsp3) is 0.625. The summed E-state index contributed by atoms with van der Waals surface area (Å²) in [4.78, 5) is 0. The Kier molecular flexibility index (Phi) is 1.92. The maximum Gasteiger partial charge on any atom is 0.0973 e. The SMILES string of the molecule is OC(CC1CC1)c1ccsn1. The summed E-state index contributed by atoms with van der Waals surface area (Å²) in [5.41, 5.74) is 0.849. The van der Waals surface area contributed by atoms with E-state index in [2.05, 4.69) is 4.37 Å². The first-order valence-electron chi connectivity index (χ1n) is 3.94. The molecule has 1 aliphatic carbocycles. The van der Waals surface area contributed by atoms with Crippen LogP contribution >= 0.6 is 11.5 Å². The molecule has 1 atom stereocenters. The van der Waals surface area contributed by atoms with Gasteiger partial charge in [-0.15, -0.1) is 0 Å². The summed E-state index contributed by atoms with van der Waals surface area (Å²) in [5, 5.41) is 11.5. The summed E-state index contributed by atoms with van der Waals surface area (Å²) in [6, 6.07) is 1.90. The molecule has 2 nitrogen and oxygen atoms in total. The monoisotopic (exact) mass is 169 g/mol. The van der Waals surface area contributed by atoms with E-state index in [1.165, 1.54) is 24.4 Å². The first kappa shape index (κ1) is 7.25. The largest absolute Gasteiger partial charge is 0.387 e. The molecule has 0 saturated heterocycles. The minimum absolute atomic E-state index is 0.311. The summed E-state index contributed by atoms with van der Waals surface area (Å²) in [7, 11) is 0. The summed E-state index contributed by atoms with van der Waals surface area (Å²) >= 11 is 1.41. The van der Waals surface area contributed by atoms with Gasteiger partial charge in [-0.2, -0.15) is 4.37 Å². The van der Waals surface area contributed by atoms with Crippen molar-refractivity contribution in [2.24, 2.45) is 5.92 Å². The van der Waals surface area contributed by atoms with Crippen molar-refractivity contribution < 1.29 is 5.11 Å². The summed E-state index contributed by atoms with van der Waals surface area (Å²) in [6.07, 6.45) is 3.18. The number of hydrogen-bond donors (Lipinski definition) is 1. The zero-order valence-corrected chi connectivity index (χ0v) is 7.05. The molecule has 60 valence electrons. The molecule has 0 aromatic carbocycles. The zero-order valence-electron chi connectivity index (χ0n) is 6.23. The van der Waals surface area contributed by atoms with Gasteiger partial charge in [0.25, 0.3) is 0 Å². The predicted octanol–water partition coefficient (Wildman–Crippen LogP) is 1.98. The van der Waals surface area contributed by atoms with Gasteiger partial charge >= 0.3 is 0 Å². The van der Waals surface area contributed by atoms with E-state index in [1.54, 1.807) is 0 Å². The third-order valence-corrected chi connectivity index (χ3v) is 2.63. The average molecular weight is 169 g/mol. The molecule has 11 heavy (non-hydrogen) atoms. The van der Waals surface area contributed by atoms with Crippen LogP contribution in [-0.2, 0) is 0 Å². The van der Waals surface area contributed by atoms with Gasteiger partial charge in [-0.05, 0) is 29.9 Å². The maximum atomic E-state index is 9.56. The second kappa shape index (κ2) is 2.91. The van der Waals surface area contributed by atoms with Crippen LogP contribution in [0.2, 0.25) is 0 Å². The van der Waals surface area contributed by atoms with Gasteiger partial charge in [0.05, 0.1) is 11.8 Å². The fourth-order valence-electron chi connectivity index (χ4n) is 1.18. The lowest BCUT2D eigenvalue weighted by Gasteiger charge is -2.04. The van der Waals surface area contributed by atoms with Gasteiger partial charge in [-0.25, -0.2) is 0 Å². The molecule has 1 aromatic rings. The van der Waals surface area contributed by atoms with E-state index in [4.69, 9.17) is 0 Å². The molecule has 1 aromatic heterocycles. The van der Waals surface area contributed by atoms with Gasteiger partial charge in [0, 0.05) is 5.38 Å². The van der Waals surface area contributed by atoms with Crippen molar-refractivity contribution in [2.75, 3.05) is 0 Å². The molecule has 1 fully saturated rings. The maximum absolute atomic E-state index is 9.56. The Balaban J connectivity index is 1.93. The van der Waals surface area contributed by atoms with Crippen LogP contribution in [0.3, 0.4) is 0 Å². The van der Waals surface area contributed by atoms with Crippen LogP contribution in [0.1, 0.15) is 31.1 Å². The molecule has 2 rings (SSSR count). The molecular formula is C8H11NOS. The lowest BCUT2D eigenvalue weighted by Crippen LogP contribution is -1.97. The third-order valence-electron chi connectivity index (χ3n) is 2.05. The van der Waals surface area contributed by atoms with Gasteiger partial charge in [-0.3, -0.25) is 0 Å². The molecule has 0 bridgehead atoms. The lowest BCUT2D eigenvalue weighted by atomic mass is 10.1. The summed E-state index contributed by atoms with van der Waals surface area (Å²) in [5.74, 6) is 0.770. The van der Waals surface area contributed by atoms with Gasteiger partial charge in [0.1, 0.15) is 0 Å². The number of rotatable bonds is 3. The first-order chi connectivity index (χ1) is 5.36. The van der Waals surface area contributed by atoms with Crippen molar-refractivity contribution in [1.29, 1.82) is 0 Å². The highest BCUT2D eigenvalue weighted by Crippen LogP contribution is 2.37. The summed E-state index contributed by atoms with van der Waals surface area (Å²) in [6.45, 7) is 0. The van der Waals surface area contributed by atoms with Gasteiger partial charge < -0.3 is 5.11 Å². The Hall–Kier alpha value is -0.410. The topological polar surface area (TPSA) is 33.1 Å². The highest BCUT2D eigenvalue weighted by Gasteiger charge is 2.25. The molecule has 3 heteroatoms. The predicted molar refractivity (Wildman–Crippen MR) is 44.4 cm³/mol. The van der Waals surface area contributed by atoms with Gasteiger partial charge in [-0.1, -0.05) is 12.8 Å². The van der Waals surface area contributed by atoms with Crippen molar-refractivity contribution in [3.63, 3.8) is 0 Å². The van der Waals surface area contributed by atoms with E-state index in [9.17, 15) is 5.11 Å². The molecule has 1 saturated carbocycles. The van der Waals surface area contributed by atoms with Crippen LogP contribution in [0.25, 0.3) is 0 Å². The second-order valence-electron chi connectivity index (χ2n) is 3.12. The lowest BCUT2D eigenvalue weighted by molar-refractivity contribution is 0.157. The number of nitrogens with zero attached hydrogens (tertiary/aromatic N) is 1. The highest BCUT2D eigenvalue weighted by atomic mass is 32.1. The van der Waals surface area contributed by atoms with Gasteiger partial charge in [0.15, 0.2) is 0 Å². The highest BCUT2D eigenvalue weighted by molar-refractivity contribution is 7.03. The second-order valence-corrected chi connectivity index (χ2v) is 3.78. The molecule has 1 aliphatic rings. The normalized spacial score (nSPS) is 20.1. The molecule has 1 heterocycles. The average Bonchev–Trinajstić information content (AvgIpc) is 2.67. The first-order valence-corrected chi connectivity index (χ1v) is 4.78. The van der Waals surface area contributed by atoms with Crippen LogP contribution in [0.5, 0.6) is 0 Å². The van der Waals surface area contributed by atoms with Crippen LogP contribution in [-0.4, -0.2) is 9.48 Å². The number of hydrogen-bond acceptors (Lipinski definition) is 3. The van der Waals surface area contributed by atoms with E-state index in [0.717, 1.165) is 18.0 Å². The molecular weight excluding hydrogens is 158 g/mol. The fourth-order valence-corrected chi connectivity index (χ4v) is 1.75. The molecule has 1 N–H and O–H groups in total. The van der Waals surface area contributed by atoms with E-state index >= 15 is 0 Å². The number of aromatic nitrogens is 1. The quantitative estimate of drug-likeness (QED) is 0.750. The van der Waals surface area contributed by atoms with Crippen molar-refractivity contribution >= 4 is 11.5 Å². The summed E-state index contributed by atoms with van der Waals surface area (Å²) < 4.78 is 4.09. The van der Waals surface area contributed by atoms with Crippen LogP contribution in [0, 0.1) is 5.92 Å². The smallest absolute Gasteiger partial charge is 0.0973 e. The van der Waals surface area contributed by atoms with Gasteiger partial charge in [0.2, 0.25) is 0 Å². The Morgan fingerprint density at radius 2 is 2.55 bits per heavy atom. The van der Waals surface area contributed by atoms with E-state index in [1.807, 2.05) is 11.4 Å². The van der Waals surface area contributed by atoms with Crippen molar-refractivity contribution in [3.05, 3.63) is 17.1 Å². The molecule has 0 amide bonds. The van der Waals surface area contributed by atoms with E-state index in [-0.39, 0.29) is 6.10 Å². The van der Waals surface area contributed by atoms with Crippen molar-refractivity contribution in [2.45, 2.75) is 25.4 Å².